The maximum absolute atomic E-state index is 13.4. The maximum atomic E-state index is 13.4. The number of ether oxygens (including phenoxy) is 1. The van der Waals surface area contributed by atoms with Gasteiger partial charge in [-0.25, -0.2) is 13.2 Å². The molecule has 0 N–H and O–H groups in total. The van der Waals surface area contributed by atoms with E-state index in [1.165, 1.54) is 24.1 Å². The quantitative estimate of drug-likeness (QED) is 0.852. The van der Waals surface area contributed by atoms with Gasteiger partial charge in [-0.2, -0.15) is 0 Å². The van der Waals surface area contributed by atoms with Crippen molar-refractivity contribution in [3.8, 4) is 5.75 Å². The number of alkyl halides is 2. The van der Waals surface area contributed by atoms with Gasteiger partial charge in [-0.15, -0.1) is 0 Å². The first-order valence-corrected chi connectivity index (χ1v) is 6.79. The molecule has 1 aliphatic carbocycles. The summed E-state index contributed by atoms with van der Waals surface area (Å²) < 4.78 is 44.6. The lowest BCUT2D eigenvalue weighted by atomic mass is 9.85. The minimum absolute atomic E-state index is 0.0569. The Kier molecular flexibility index (Phi) is 4.16. The molecule has 0 bridgehead atoms. The predicted molar refractivity (Wildman–Crippen MR) is 72.2 cm³/mol. The molecule has 6 heteroatoms. The predicted octanol–water partition coefficient (Wildman–Crippen LogP) is 3.48. The van der Waals surface area contributed by atoms with Gasteiger partial charge in [0, 0.05) is 24.9 Å². The van der Waals surface area contributed by atoms with Crippen molar-refractivity contribution in [1.29, 1.82) is 0 Å². The smallest absolute Gasteiger partial charge is 0.258 e. The van der Waals surface area contributed by atoms with Crippen molar-refractivity contribution >= 4 is 5.91 Å². The van der Waals surface area contributed by atoms with Gasteiger partial charge in [0.25, 0.3) is 11.8 Å². The summed E-state index contributed by atoms with van der Waals surface area (Å²) in [6, 6.07) is 2.84. The molecular formula is C15H18F3NO2. The summed E-state index contributed by atoms with van der Waals surface area (Å²) >= 11 is 0. The fourth-order valence-electron chi connectivity index (χ4n) is 2.63. The van der Waals surface area contributed by atoms with Crippen molar-refractivity contribution in [1.82, 2.24) is 4.90 Å². The molecule has 0 heterocycles. The third-order valence-electron chi connectivity index (χ3n) is 3.64. The molecule has 1 saturated carbocycles. The van der Waals surface area contributed by atoms with Crippen LogP contribution in [0.5, 0.6) is 5.75 Å². The van der Waals surface area contributed by atoms with Crippen molar-refractivity contribution in [3.63, 3.8) is 0 Å². The Morgan fingerprint density at radius 3 is 2.48 bits per heavy atom. The lowest BCUT2D eigenvalue weighted by Crippen LogP contribution is -2.55. The zero-order valence-corrected chi connectivity index (χ0v) is 12.2. The number of hydrogen-bond acceptors (Lipinski definition) is 2. The molecule has 3 nitrogen and oxygen atoms in total. The number of benzene rings is 1. The average Bonchev–Trinajstić information content (AvgIpc) is 2.36. The molecule has 0 unspecified atom stereocenters. The van der Waals surface area contributed by atoms with Crippen LogP contribution in [-0.4, -0.2) is 35.9 Å². The molecule has 0 atom stereocenters. The van der Waals surface area contributed by atoms with E-state index in [0.29, 0.717) is 0 Å². The van der Waals surface area contributed by atoms with Gasteiger partial charge in [-0.3, -0.25) is 4.79 Å². The van der Waals surface area contributed by atoms with E-state index >= 15 is 0 Å². The molecule has 0 aromatic heterocycles. The minimum atomic E-state index is -2.72. The monoisotopic (exact) mass is 301 g/mol. The Morgan fingerprint density at radius 1 is 1.38 bits per heavy atom. The van der Waals surface area contributed by atoms with Crippen molar-refractivity contribution in [2.24, 2.45) is 0 Å². The average molecular weight is 301 g/mol. The van der Waals surface area contributed by atoms with Gasteiger partial charge < -0.3 is 9.64 Å². The molecule has 2 rings (SSSR count). The number of nitrogens with zero attached hydrogens (tertiary/aromatic N) is 1. The van der Waals surface area contributed by atoms with Crippen LogP contribution in [0.4, 0.5) is 13.2 Å². The van der Waals surface area contributed by atoms with Gasteiger partial charge in [-0.05, 0) is 32.0 Å². The molecule has 1 aromatic carbocycles. The Balaban J connectivity index is 2.29. The lowest BCUT2D eigenvalue weighted by Gasteiger charge is -2.44. The highest BCUT2D eigenvalue weighted by molar-refractivity contribution is 5.97. The first-order valence-electron chi connectivity index (χ1n) is 6.79. The van der Waals surface area contributed by atoms with Gasteiger partial charge in [0.2, 0.25) is 0 Å². The molecule has 21 heavy (non-hydrogen) atoms. The second-order valence-corrected chi connectivity index (χ2v) is 5.57. The van der Waals surface area contributed by atoms with Crippen molar-refractivity contribution in [2.75, 3.05) is 7.11 Å². The highest BCUT2D eigenvalue weighted by Crippen LogP contribution is 2.42. The summed E-state index contributed by atoms with van der Waals surface area (Å²) in [7, 11) is 1.38. The number of carbonyl (C=O) groups excluding carboxylic acids is 1. The zero-order valence-electron chi connectivity index (χ0n) is 12.2. The lowest BCUT2D eigenvalue weighted by molar-refractivity contribution is -0.120. The highest BCUT2D eigenvalue weighted by Gasteiger charge is 2.49. The summed E-state index contributed by atoms with van der Waals surface area (Å²) in [5.74, 6) is -3.54. The summed E-state index contributed by atoms with van der Waals surface area (Å²) in [6.45, 7) is 3.50. The van der Waals surface area contributed by atoms with Crippen LogP contribution in [0.2, 0.25) is 0 Å². The summed E-state index contributed by atoms with van der Waals surface area (Å²) in [4.78, 5) is 14.0. The number of amides is 1. The molecule has 0 spiro atoms. The largest absolute Gasteiger partial charge is 0.496 e. The van der Waals surface area contributed by atoms with Crippen molar-refractivity contribution in [2.45, 2.75) is 44.7 Å². The molecule has 1 amide bonds. The first-order chi connectivity index (χ1) is 9.75. The third-order valence-corrected chi connectivity index (χ3v) is 3.64. The third kappa shape index (κ3) is 3.14. The van der Waals surface area contributed by atoms with Crippen LogP contribution >= 0.6 is 0 Å². The summed E-state index contributed by atoms with van der Waals surface area (Å²) in [6.07, 6.45) is -0.705. The SMILES string of the molecule is COc1ccc(F)cc1C(=O)N(C(C)C)C1CC(F)(F)C1. The number of hydrogen-bond donors (Lipinski definition) is 0. The van der Waals surface area contributed by atoms with Crippen LogP contribution in [0.25, 0.3) is 0 Å². The van der Waals surface area contributed by atoms with E-state index < -0.39 is 23.7 Å². The molecule has 0 radical (unpaired) electrons. The standard InChI is InChI=1S/C15H18F3NO2/c1-9(2)19(11-7-15(17,18)8-11)14(20)12-6-10(16)4-5-13(12)21-3/h4-6,9,11H,7-8H2,1-3H3. The van der Waals surface area contributed by atoms with Crippen molar-refractivity contribution in [3.05, 3.63) is 29.6 Å². The van der Waals surface area contributed by atoms with Crippen LogP contribution in [0, 0.1) is 5.82 Å². The highest BCUT2D eigenvalue weighted by atomic mass is 19.3. The number of halogens is 3. The van der Waals surface area contributed by atoms with Crippen LogP contribution in [0.15, 0.2) is 18.2 Å². The normalized spacial score (nSPS) is 17.5. The van der Waals surface area contributed by atoms with Gasteiger partial charge in [0.1, 0.15) is 11.6 Å². The van der Waals surface area contributed by atoms with E-state index in [4.69, 9.17) is 4.74 Å². The van der Waals surface area contributed by atoms with E-state index in [2.05, 4.69) is 0 Å². The van der Waals surface area contributed by atoms with Crippen LogP contribution in [0.3, 0.4) is 0 Å². The van der Waals surface area contributed by atoms with E-state index in [1.54, 1.807) is 13.8 Å². The molecule has 1 aromatic rings. The Bertz CT molecular complexity index is 538. The van der Waals surface area contributed by atoms with Gasteiger partial charge in [0.15, 0.2) is 0 Å². The molecule has 0 aliphatic heterocycles. The second kappa shape index (κ2) is 5.58. The molecule has 1 fully saturated rings. The molecule has 0 saturated heterocycles. The number of methoxy groups -OCH3 is 1. The van der Waals surface area contributed by atoms with Gasteiger partial charge in [-0.1, -0.05) is 0 Å². The Morgan fingerprint density at radius 2 is 2.00 bits per heavy atom. The van der Waals surface area contributed by atoms with Crippen LogP contribution in [0.1, 0.15) is 37.0 Å². The fourth-order valence-corrected chi connectivity index (χ4v) is 2.63. The van der Waals surface area contributed by atoms with E-state index in [-0.39, 0.29) is 30.2 Å². The summed E-state index contributed by atoms with van der Waals surface area (Å²) in [5.41, 5.74) is 0.0569. The Hall–Kier alpha value is -1.72. The molecule has 1 aliphatic rings. The van der Waals surface area contributed by atoms with Crippen LogP contribution < -0.4 is 4.74 Å². The van der Waals surface area contributed by atoms with E-state index in [0.717, 1.165) is 6.07 Å². The fraction of sp³-hybridized carbons (Fsp3) is 0.533. The molecular weight excluding hydrogens is 283 g/mol. The van der Waals surface area contributed by atoms with E-state index in [1.807, 2.05) is 0 Å². The Labute approximate surface area is 121 Å². The maximum Gasteiger partial charge on any atom is 0.258 e. The van der Waals surface area contributed by atoms with Crippen LogP contribution in [-0.2, 0) is 0 Å². The topological polar surface area (TPSA) is 29.5 Å². The minimum Gasteiger partial charge on any atom is -0.496 e. The van der Waals surface area contributed by atoms with Gasteiger partial charge in [0.05, 0.1) is 12.7 Å². The number of rotatable bonds is 4. The van der Waals surface area contributed by atoms with E-state index in [9.17, 15) is 18.0 Å². The second-order valence-electron chi connectivity index (χ2n) is 5.57. The van der Waals surface area contributed by atoms with Gasteiger partial charge >= 0.3 is 0 Å². The summed E-state index contributed by atoms with van der Waals surface area (Å²) in [5, 5.41) is 0. The number of carbonyl (C=O) groups is 1. The molecule has 116 valence electrons. The first kappa shape index (κ1) is 15.7. The zero-order chi connectivity index (χ0) is 15.8. The van der Waals surface area contributed by atoms with Crippen molar-refractivity contribution < 1.29 is 22.7 Å².